The van der Waals surface area contributed by atoms with Gasteiger partial charge in [-0.3, -0.25) is 4.98 Å². The van der Waals surface area contributed by atoms with E-state index in [1.165, 1.54) is 6.42 Å². The molecular weight excluding hydrogens is 282 g/mol. The molecule has 0 aliphatic carbocycles. The van der Waals surface area contributed by atoms with Gasteiger partial charge in [-0.1, -0.05) is 13.8 Å². The number of thiocarbonyl (C=S) groups is 1. The van der Waals surface area contributed by atoms with Crippen LogP contribution in [0.5, 0.6) is 0 Å². The Bertz CT molecular complexity index is 385. The van der Waals surface area contributed by atoms with Crippen LogP contribution in [0, 0.1) is 0 Å². The zero-order chi connectivity index (χ0) is 15.3. The van der Waals surface area contributed by atoms with Crippen molar-refractivity contribution in [1.82, 2.24) is 20.5 Å². The monoisotopic (exact) mass is 309 g/mol. The third-order valence-corrected chi connectivity index (χ3v) is 3.27. The highest BCUT2D eigenvalue weighted by Gasteiger charge is 2.03. The summed E-state index contributed by atoms with van der Waals surface area (Å²) in [5.41, 5.74) is 0.910. The van der Waals surface area contributed by atoms with Gasteiger partial charge in [0.15, 0.2) is 5.11 Å². The van der Waals surface area contributed by atoms with Gasteiger partial charge < -0.3 is 20.9 Å². The van der Waals surface area contributed by atoms with E-state index in [1.54, 1.807) is 12.4 Å². The van der Waals surface area contributed by atoms with Gasteiger partial charge in [0.2, 0.25) is 0 Å². The standard InChI is InChI=1S/C15H27N5S/c1-3-10-20(11-8-16-4-2)12-9-18-15(21)19-14-6-5-7-17-13-14/h5-7,13,16H,3-4,8-12H2,1-2H3,(H2,18,19,21). The van der Waals surface area contributed by atoms with Crippen molar-refractivity contribution >= 4 is 23.0 Å². The molecule has 21 heavy (non-hydrogen) atoms. The molecule has 1 aromatic rings. The number of hydrogen-bond acceptors (Lipinski definition) is 4. The molecule has 0 amide bonds. The average Bonchev–Trinajstić information content (AvgIpc) is 2.48. The van der Waals surface area contributed by atoms with Crippen LogP contribution in [0.4, 0.5) is 5.69 Å². The van der Waals surface area contributed by atoms with E-state index in [0.29, 0.717) is 5.11 Å². The quantitative estimate of drug-likeness (QED) is 0.452. The minimum absolute atomic E-state index is 0.645. The van der Waals surface area contributed by atoms with Gasteiger partial charge in [-0.05, 0) is 43.9 Å². The average molecular weight is 309 g/mol. The largest absolute Gasteiger partial charge is 0.361 e. The number of rotatable bonds is 10. The summed E-state index contributed by atoms with van der Waals surface area (Å²) in [7, 11) is 0. The van der Waals surface area contributed by atoms with Gasteiger partial charge in [0.25, 0.3) is 0 Å². The second-order valence-electron chi connectivity index (χ2n) is 4.82. The lowest BCUT2D eigenvalue weighted by Gasteiger charge is -2.22. The maximum absolute atomic E-state index is 5.28. The first-order chi connectivity index (χ1) is 10.3. The fourth-order valence-corrected chi connectivity index (χ4v) is 2.23. The van der Waals surface area contributed by atoms with E-state index in [4.69, 9.17) is 12.2 Å². The number of hydrogen-bond donors (Lipinski definition) is 3. The van der Waals surface area contributed by atoms with Crippen LogP contribution in [0.3, 0.4) is 0 Å². The van der Waals surface area contributed by atoms with Crippen molar-refractivity contribution in [1.29, 1.82) is 0 Å². The number of pyridine rings is 1. The highest BCUT2D eigenvalue weighted by Crippen LogP contribution is 2.01. The Morgan fingerprint density at radius 3 is 2.71 bits per heavy atom. The zero-order valence-electron chi connectivity index (χ0n) is 13.1. The van der Waals surface area contributed by atoms with E-state index >= 15 is 0 Å². The highest BCUT2D eigenvalue weighted by atomic mass is 32.1. The van der Waals surface area contributed by atoms with Crippen LogP contribution in [0.2, 0.25) is 0 Å². The third kappa shape index (κ3) is 8.60. The molecular formula is C15H27N5S. The van der Waals surface area contributed by atoms with Gasteiger partial charge >= 0.3 is 0 Å². The van der Waals surface area contributed by atoms with Crippen LogP contribution >= 0.6 is 12.2 Å². The minimum atomic E-state index is 0.645. The lowest BCUT2D eigenvalue weighted by molar-refractivity contribution is 0.278. The molecule has 0 saturated carbocycles. The van der Waals surface area contributed by atoms with Crippen LogP contribution in [-0.4, -0.2) is 54.3 Å². The Morgan fingerprint density at radius 2 is 2.05 bits per heavy atom. The van der Waals surface area contributed by atoms with E-state index in [9.17, 15) is 0 Å². The minimum Gasteiger partial charge on any atom is -0.361 e. The Morgan fingerprint density at radius 1 is 1.24 bits per heavy atom. The predicted octanol–water partition coefficient (Wildman–Crippen LogP) is 1.69. The summed E-state index contributed by atoms with van der Waals surface area (Å²) in [6.45, 7) is 10.4. The normalized spacial score (nSPS) is 10.6. The maximum Gasteiger partial charge on any atom is 0.170 e. The van der Waals surface area contributed by atoms with Crippen LogP contribution in [0.1, 0.15) is 20.3 Å². The fourth-order valence-electron chi connectivity index (χ4n) is 2.01. The molecule has 1 rings (SSSR count). The first-order valence-corrected chi connectivity index (χ1v) is 8.05. The van der Waals surface area contributed by atoms with Crippen molar-refractivity contribution in [2.75, 3.05) is 44.6 Å². The summed E-state index contributed by atoms with van der Waals surface area (Å²) in [6.07, 6.45) is 4.67. The Labute approximate surface area is 133 Å². The van der Waals surface area contributed by atoms with E-state index in [2.05, 4.69) is 39.7 Å². The molecule has 1 aromatic heterocycles. The molecule has 6 heteroatoms. The molecule has 1 heterocycles. The molecule has 118 valence electrons. The van der Waals surface area contributed by atoms with Crippen molar-refractivity contribution < 1.29 is 0 Å². The number of nitrogens with one attached hydrogen (secondary N) is 3. The summed E-state index contributed by atoms with van der Waals surface area (Å²) in [6, 6.07) is 3.83. The number of nitrogens with zero attached hydrogens (tertiary/aromatic N) is 2. The van der Waals surface area contributed by atoms with Crippen molar-refractivity contribution in [3.63, 3.8) is 0 Å². The highest BCUT2D eigenvalue weighted by molar-refractivity contribution is 7.80. The molecule has 3 N–H and O–H groups in total. The van der Waals surface area contributed by atoms with Gasteiger partial charge in [-0.2, -0.15) is 0 Å². The van der Waals surface area contributed by atoms with Crippen molar-refractivity contribution in [2.45, 2.75) is 20.3 Å². The van der Waals surface area contributed by atoms with E-state index < -0.39 is 0 Å². The predicted molar refractivity (Wildman–Crippen MR) is 93.7 cm³/mol. The van der Waals surface area contributed by atoms with Crippen LogP contribution in [-0.2, 0) is 0 Å². The van der Waals surface area contributed by atoms with Gasteiger partial charge in [0.05, 0.1) is 11.9 Å². The lowest BCUT2D eigenvalue weighted by atomic mass is 10.4. The Hall–Kier alpha value is -1.24. The topological polar surface area (TPSA) is 52.2 Å². The van der Waals surface area contributed by atoms with Gasteiger partial charge in [0, 0.05) is 32.4 Å². The summed E-state index contributed by atoms with van der Waals surface area (Å²) >= 11 is 5.28. The van der Waals surface area contributed by atoms with E-state index in [-0.39, 0.29) is 0 Å². The van der Waals surface area contributed by atoms with Crippen molar-refractivity contribution in [3.8, 4) is 0 Å². The summed E-state index contributed by atoms with van der Waals surface area (Å²) in [5, 5.41) is 10.4. The van der Waals surface area contributed by atoms with Crippen LogP contribution in [0.15, 0.2) is 24.5 Å². The molecule has 0 spiro atoms. The summed E-state index contributed by atoms with van der Waals surface area (Å²) in [5.74, 6) is 0. The molecule has 0 fully saturated rings. The fraction of sp³-hybridized carbons (Fsp3) is 0.600. The Kier molecular flexibility index (Phi) is 9.69. The van der Waals surface area contributed by atoms with Crippen LogP contribution < -0.4 is 16.0 Å². The molecule has 0 unspecified atom stereocenters. The summed E-state index contributed by atoms with van der Waals surface area (Å²) < 4.78 is 0. The van der Waals surface area contributed by atoms with Crippen LogP contribution in [0.25, 0.3) is 0 Å². The van der Waals surface area contributed by atoms with E-state index in [0.717, 1.165) is 45.0 Å². The third-order valence-electron chi connectivity index (χ3n) is 3.03. The summed E-state index contributed by atoms with van der Waals surface area (Å²) in [4.78, 5) is 6.49. The molecule has 0 aromatic carbocycles. The zero-order valence-corrected chi connectivity index (χ0v) is 13.9. The Balaban J connectivity index is 2.21. The first-order valence-electron chi connectivity index (χ1n) is 7.64. The first kappa shape index (κ1) is 17.8. The molecule has 0 radical (unpaired) electrons. The number of anilines is 1. The van der Waals surface area contributed by atoms with Gasteiger partial charge in [0.1, 0.15) is 0 Å². The maximum atomic E-state index is 5.28. The smallest absolute Gasteiger partial charge is 0.170 e. The van der Waals surface area contributed by atoms with Gasteiger partial charge in [-0.25, -0.2) is 0 Å². The molecule has 0 aliphatic heterocycles. The van der Waals surface area contributed by atoms with Crippen molar-refractivity contribution in [3.05, 3.63) is 24.5 Å². The van der Waals surface area contributed by atoms with Gasteiger partial charge in [-0.15, -0.1) is 0 Å². The SMILES string of the molecule is CCCN(CCNCC)CCNC(=S)Nc1cccnc1. The molecule has 0 saturated heterocycles. The molecule has 0 bridgehead atoms. The molecule has 5 nitrogen and oxygen atoms in total. The van der Waals surface area contributed by atoms with E-state index in [1.807, 2.05) is 12.1 Å². The lowest BCUT2D eigenvalue weighted by Crippen LogP contribution is -2.39. The second-order valence-corrected chi connectivity index (χ2v) is 5.23. The molecule has 0 aliphatic rings. The number of aromatic nitrogens is 1. The number of likely N-dealkylation sites (N-methyl/N-ethyl adjacent to an activating group) is 1. The molecule has 0 atom stereocenters. The van der Waals surface area contributed by atoms with Crippen molar-refractivity contribution in [2.24, 2.45) is 0 Å². The second kappa shape index (κ2) is 11.4.